The summed E-state index contributed by atoms with van der Waals surface area (Å²) in [6.07, 6.45) is 0.900. The molecule has 0 fully saturated rings. The number of rotatable bonds is 7. The summed E-state index contributed by atoms with van der Waals surface area (Å²) in [4.78, 5) is 12.8. The van der Waals surface area contributed by atoms with Crippen molar-refractivity contribution in [2.75, 3.05) is 25.5 Å². The van der Waals surface area contributed by atoms with Gasteiger partial charge in [0.1, 0.15) is 0 Å². The Morgan fingerprint density at radius 1 is 1.33 bits per heavy atom. The minimum Gasteiger partial charge on any atom is -0.481 e. The first-order valence-corrected chi connectivity index (χ1v) is 6.24. The smallest absolute Gasteiger partial charge is 0.304 e. The summed E-state index contributed by atoms with van der Waals surface area (Å²) in [5.41, 5.74) is 2.31. The second-order valence-corrected chi connectivity index (χ2v) is 4.62. The van der Waals surface area contributed by atoms with E-state index in [9.17, 15) is 4.79 Å². The van der Waals surface area contributed by atoms with E-state index in [4.69, 9.17) is 5.11 Å². The van der Waals surface area contributed by atoms with Crippen LogP contribution in [0.2, 0.25) is 0 Å². The molecule has 2 N–H and O–H groups in total. The summed E-state index contributed by atoms with van der Waals surface area (Å²) >= 11 is 0. The molecule has 0 bridgehead atoms. The van der Waals surface area contributed by atoms with Crippen LogP contribution >= 0.6 is 0 Å². The van der Waals surface area contributed by atoms with Gasteiger partial charge in [0, 0.05) is 25.8 Å². The maximum atomic E-state index is 10.8. The van der Waals surface area contributed by atoms with Crippen molar-refractivity contribution in [1.82, 2.24) is 5.32 Å². The number of likely N-dealkylation sites (N-methyl/N-ethyl adjacent to an activating group) is 1. The van der Waals surface area contributed by atoms with Gasteiger partial charge in [-0.25, -0.2) is 0 Å². The van der Waals surface area contributed by atoms with E-state index in [2.05, 4.69) is 29.6 Å². The predicted octanol–water partition coefficient (Wildman–Crippen LogP) is 1.75. The highest BCUT2D eigenvalue weighted by Gasteiger charge is 2.12. The lowest BCUT2D eigenvalue weighted by atomic mass is 10.0. The Balaban J connectivity index is 2.65. The van der Waals surface area contributed by atoms with Gasteiger partial charge >= 0.3 is 5.97 Å². The van der Waals surface area contributed by atoms with Gasteiger partial charge in [-0.2, -0.15) is 0 Å². The molecule has 18 heavy (non-hydrogen) atoms. The van der Waals surface area contributed by atoms with Crippen LogP contribution in [0.25, 0.3) is 0 Å². The molecule has 1 atom stereocenters. The van der Waals surface area contributed by atoms with Gasteiger partial charge in [0.05, 0.1) is 6.42 Å². The van der Waals surface area contributed by atoms with Gasteiger partial charge in [-0.1, -0.05) is 19.1 Å². The number of aliphatic carboxylic acids is 1. The third-order valence-corrected chi connectivity index (χ3v) is 2.85. The third kappa shape index (κ3) is 4.75. The van der Waals surface area contributed by atoms with E-state index in [0.29, 0.717) is 0 Å². The molecule has 1 unspecified atom stereocenters. The van der Waals surface area contributed by atoms with Gasteiger partial charge in [-0.15, -0.1) is 0 Å². The van der Waals surface area contributed by atoms with Gasteiger partial charge in [-0.3, -0.25) is 4.79 Å². The van der Waals surface area contributed by atoms with Crippen molar-refractivity contribution in [3.8, 4) is 0 Å². The van der Waals surface area contributed by atoms with Crippen LogP contribution in [-0.4, -0.2) is 37.8 Å². The Morgan fingerprint density at radius 2 is 1.94 bits per heavy atom. The van der Waals surface area contributed by atoms with E-state index in [-0.39, 0.29) is 12.5 Å². The van der Waals surface area contributed by atoms with Crippen LogP contribution in [-0.2, 0) is 11.2 Å². The monoisotopic (exact) mass is 250 g/mol. The van der Waals surface area contributed by atoms with E-state index in [1.54, 1.807) is 0 Å². The molecule has 0 aromatic heterocycles. The van der Waals surface area contributed by atoms with Gasteiger partial charge in [0.15, 0.2) is 0 Å². The summed E-state index contributed by atoms with van der Waals surface area (Å²) in [6, 6.07) is 8.22. The van der Waals surface area contributed by atoms with Gasteiger partial charge in [0.2, 0.25) is 0 Å². The van der Waals surface area contributed by atoms with Crippen LogP contribution in [0, 0.1) is 0 Å². The summed E-state index contributed by atoms with van der Waals surface area (Å²) in [7, 11) is 4.00. The first kappa shape index (κ1) is 14.5. The second-order valence-electron chi connectivity index (χ2n) is 4.62. The maximum Gasteiger partial charge on any atom is 0.304 e. The third-order valence-electron chi connectivity index (χ3n) is 2.85. The summed E-state index contributed by atoms with van der Waals surface area (Å²) in [5.74, 6) is -0.758. The lowest BCUT2D eigenvalue weighted by Gasteiger charge is -2.17. The predicted molar refractivity (Wildman–Crippen MR) is 74.2 cm³/mol. The number of hydrogen-bond acceptors (Lipinski definition) is 3. The molecule has 0 aliphatic carbocycles. The molecule has 1 aromatic rings. The van der Waals surface area contributed by atoms with Gasteiger partial charge < -0.3 is 15.3 Å². The van der Waals surface area contributed by atoms with Crippen LogP contribution in [0.15, 0.2) is 24.3 Å². The van der Waals surface area contributed by atoms with Gasteiger partial charge in [-0.05, 0) is 30.7 Å². The van der Waals surface area contributed by atoms with E-state index >= 15 is 0 Å². The van der Waals surface area contributed by atoms with Crippen LogP contribution in [0.5, 0.6) is 0 Å². The highest BCUT2D eigenvalue weighted by Crippen LogP contribution is 2.14. The van der Waals surface area contributed by atoms with E-state index in [0.717, 1.165) is 24.2 Å². The van der Waals surface area contributed by atoms with Crippen molar-refractivity contribution in [1.29, 1.82) is 0 Å². The minimum absolute atomic E-state index is 0.00212. The number of nitrogens with one attached hydrogen (secondary N) is 1. The van der Waals surface area contributed by atoms with E-state index in [1.807, 2.05) is 25.9 Å². The molecule has 0 amide bonds. The molecule has 0 saturated heterocycles. The van der Waals surface area contributed by atoms with Crippen LogP contribution in [0.3, 0.4) is 0 Å². The summed E-state index contributed by atoms with van der Waals surface area (Å²) in [6.45, 7) is 2.78. The molecule has 0 aliphatic rings. The Bertz CT molecular complexity index is 374. The molecule has 0 heterocycles. The normalized spacial score (nSPS) is 12.2. The molecule has 0 saturated carbocycles. The molecule has 0 spiro atoms. The molecule has 100 valence electrons. The molecule has 0 aliphatic heterocycles. The van der Waals surface area contributed by atoms with Crippen molar-refractivity contribution in [2.45, 2.75) is 25.8 Å². The number of hydrogen-bond donors (Lipinski definition) is 2. The van der Waals surface area contributed by atoms with Crippen molar-refractivity contribution in [3.63, 3.8) is 0 Å². The number of carbonyl (C=O) groups is 1. The number of benzene rings is 1. The lowest BCUT2D eigenvalue weighted by Crippen LogP contribution is -2.33. The van der Waals surface area contributed by atoms with E-state index in [1.165, 1.54) is 0 Å². The average Bonchev–Trinajstić information content (AvgIpc) is 2.29. The minimum atomic E-state index is -0.758. The van der Waals surface area contributed by atoms with E-state index < -0.39 is 5.97 Å². The Labute approximate surface area is 109 Å². The lowest BCUT2D eigenvalue weighted by molar-refractivity contribution is -0.137. The molecule has 1 aromatic carbocycles. The standard InChI is InChI=1S/C14H22N2O2/c1-4-15-12(10-14(17)18)9-11-5-7-13(8-6-11)16(2)3/h5-8,12,15H,4,9-10H2,1-3H3,(H,17,18). The maximum absolute atomic E-state index is 10.8. The Morgan fingerprint density at radius 3 is 2.39 bits per heavy atom. The van der Waals surface area contributed by atoms with Crippen LogP contribution in [0.1, 0.15) is 18.9 Å². The van der Waals surface area contributed by atoms with Crippen LogP contribution in [0.4, 0.5) is 5.69 Å². The molecular formula is C14H22N2O2. The zero-order chi connectivity index (χ0) is 13.5. The van der Waals surface area contributed by atoms with Gasteiger partial charge in [0.25, 0.3) is 0 Å². The molecular weight excluding hydrogens is 228 g/mol. The zero-order valence-corrected chi connectivity index (χ0v) is 11.3. The van der Waals surface area contributed by atoms with Crippen LogP contribution < -0.4 is 10.2 Å². The number of carboxylic acid groups (broad SMARTS) is 1. The van der Waals surface area contributed by atoms with Crippen molar-refractivity contribution < 1.29 is 9.90 Å². The first-order chi connectivity index (χ1) is 8.52. The number of anilines is 1. The van der Waals surface area contributed by atoms with Crippen molar-refractivity contribution in [2.24, 2.45) is 0 Å². The fourth-order valence-electron chi connectivity index (χ4n) is 1.93. The average molecular weight is 250 g/mol. The first-order valence-electron chi connectivity index (χ1n) is 6.24. The number of carboxylic acids is 1. The largest absolute Gasteiger partial charge is 0.481 e. The molecule has 4 nitrogen and oxygen atoms in total. The number of nitrogens with zero attached hydrogens (tertiary/aromatic N) is 1. The van der Waals surface area contributed by atoms with Crippen molar-refractivity contribution in [3.05, 3.63) is 29.8 Å². The highest BCUT2D eigenvalue weighted by atomic mass is 16.4. The Hall–Kier alpha value is -1.55. The quantitative estimate of drug-likeness (QED) is 0.774. The SMILES string of the molecule is CCNC(CC(=O)O)Cc1ccc(N(C)C)cc1. The topological polar surface area (TPSA) is 52.6 Å². The Kier molecular flexibility index (Phi) is 5.65. The highest BCUT2D eigenvalue weighted by molar-refractivity contribution is 5.67. The van der Waals surface area contributed by atoms with Crippen molar-refractivity contribution >= 4 is 11.7 Å². The fourth-order valence-corrected chi connectivity index (χ4v) is 1.93. The molecule has 0 radical (unpaired) electrons. The zero-order valence-electron chi connectivity index (χ0n) is 11.3. The second kappa shape index (κ2) is 7.01. The summed E-state index contributed by atoms with van der Waals surface area (Å²) < 4.78 is 0. The molecule has 4 heteroatoms. The summed E-state index contributed by atoms with van der Waals surface area (Å²) in [5, 5.41) is 12.1. The fraction of sp³-hybridized carbons (Fsp3) is 0.500. The molecule has 1 rings (SSSR count).